The number of hydrogen-bond acceptors (Lipinski definition) is 5. The van der Waals surface area contributed by atoms with Crippen LogP contribution in [0.15, 0.2) is 55.1 Å². The number of thiazole rings is 1. The first-order valence-electron chi connectivity index (χ1n) is 11.2. The molecule has 2 aromatic heterocycles. The van der Waals surface area contributed by atoms with E-state index in [2.05, 4.69) is 46.2 Å². The first-order valence-corrected chi connectivity index (χ1v) is 12.0. The molecule has 0 saturated carbocycles. The molecule has 0 radical (unpaired) electrons. The molecule has 0 amide bonds. The Morgan fingerprint density at radius 3 is 2.74 bits per heavy atom. The molecule has 9 heteroatoms. The Morgan fingerprint density at radius 2 is 2.03 bits per heavy atom. The van der Waals surface area contributed by atoms with Gasteiger partial charge in [-0.25, -0.2) is 13.8 Å². The fourth-order valence-corrected chi connectivity index (χ4v) is 5.69. The average molecular weight is 483 g/mol. The third-order valence-electron chi connectivity index (χ3n) is 6.61. The van der Waals surface area contributed by atoms with Gasteiger partial charge < -0.3 is 5.11 Å². The number of aryl methyl sites for hydroxylation is 1. The fourth-order valence-electron chi connectivity index (χ4n) is 4.55. The predicted molar refractivity (Wildman–Crippen MR) is 125 cm³/mol. The Labute approximate surface area is 200 Å². The maximum atomic E-state index is 14.9. The molecule has 0 saturated heterocycles. The number of aliphatic hydroxyl groups is 1. The highest BCUT2D eigenvalue weighted by atomic mass is 32.1. The summed E-state index contributed by atoms with van der Waals surface area (Å²) in [5.74, 6) is -1.45. The van der Waals surface area contributed by atoms with Gasteiger partial charge in [0.2, 0.25) is 6.33 Å². The van der Waals surface area contributed by atoms with Crippen LogP contribution < -0.4 is 4.68 Å². The number of H-pyrrole nitrogens is 1. The Kier molecular flexibility index (Phi) is 6.01. The van der Waals surface area contributed by atoms with Gasteiger partial charge in [0.1, 0.15) is 28.8 Å². The van der Waals surface area contributed by atoms with Gasteiger partial charge in [0.05, 0.1) is 5.69 Å². The summed E-state index contributed by atoms with van der Waals surface area (Å²) in [4.78, 5) is 12.1. The second-order valence-electron chi connectivity index (χ2n) is 8.85. The van der Waals surface area contributed by atoms with Gasteiger partial charge in [-0.2, -0.15) is 9.78 Å². The smallest absolute Gasteiger partial charge is 0.306 e. The molecule has 34 heavy (non-hydrogen) atoms. The van der Waals surface area contributed by atoms with E-state index >= 15 is 0 Å². The van der Waals surface area contributed by atoms with E-state index in [1.54, 1.807) is 16.0 Å². The maximum absolute atomic E-state index is 14.9. The van der Waals surface area contributed by atoms with Crippen molar-refractivity contribution in [2.24, 2.45) is 0 Å². The van der Waals surface area contributed by atoms with Crippen LogP contribution in [0.5, 0.6) is 0 Å². The minimum atomic E-state index is -1.63. The molecular formula is C25H26F2N5OS+. The molecule has 0 bridgehead atoms. The van der Waals surface area contributed by atoms with Gasteiger partial charge in [-0.3, -0.25) is 4.90 Å². The average Bonchev–Trinajstić information content (AvgIpc) is 3.48. The van der Waals surface area contributed by atoms with Crippen LogP contribution in [0.25, 0.3) is 10.6 Å². The lowest BCUT2D eigenvalue weighted by molar-refractivity contribution is -0.765. The van der Waals surface area contributed by atoms with E-state index in [1.165, 1.54) is 30.4 Å². The molecule has 0 unspecified atom stereocenters. The normalized spacial score (nSPS) is 16.7. The van der Waals surface area contributed by atoms with Crippen LogP contribution in [-0.4, -0.2) is 37.7 Å². The van der Waals surface area contributed by atoms with Crippen molar-refractivity contribution in [1.29, 1.82) is 0 Å². The number of nitrogens with one attached hydrogen (secondary N) is 1. The Morgan fingerprint density at radius 1 is 1.24 bits per heavy atom. The Bertz CT molecular complexity index is 1290. The number of fused-ring (bicyclic) bond motifs is 1. The minimum Gasteiger partial charge on any atom is -0.379 e. The standard InChI is InChI=1S/C25H25F2N5OS/c1-16-3-5-18(6-4-16)24-30-22-9-10-31(12-23(22)34-24)17(2)25(33,13-32-15-28-14-29-32)20-8-7-19(26)11-21(20)27/h3-8,11,14-15,17,33H,9-10,12-13H2,1-2H3/p+1/t17-,25-/m1/s1. The minimum absolute atomic E-state index is 0.0391. The fraction of sp³-hybridized carbons (Fsp3) is 0.320. The topological polar surface area (TPSA) is 68.9 Å². The molecule has 6 nitrogen and oxygen atoms in total. The lowest BCUT2D eigenvalue weighted by Crippen LogP contribution is -2.58. The lowest BCUT2D eigenvalue weighted by Gasteiger charge is -2.41. The lowest BCUT2D eigenvalue weighted by atomic mass is 9.85. The summed E-state index contributed by atoms with van der Waals surface area (Å²) in [5.41, 5.74) is 1.79. The third-order valence-corrected chi connectivity index (χ3v) is 7.74. The highest BCUT2D eigenvalue weighted by Gasteiger charge is 2.44. The molecule has 176 valence electrons. The molecule has 0 spiro atoms. The summed E-state index contributed by atoms with van der Waals surface area (Å²) in [5, 5.41) is 15.8. The molecule has 0 fully saturated rings. The zero-order chi connectivity index (χ0) is 23.9. The Hall–Kier alpha value is -3.01. The second kappa shape index (κ2) is 8.98. The number of rotatable bonds is 6. The van der Waals surface area contributed by atoms with Crippen LogP contribution in [0.2, 0.25) is 0 Å². The zero-order valence-corrected chi connectivity index (χ0v) is 19.8. The maximum Gasteiger partial charge on any atom is 0.306 e. The molecule has 2 N–H and O–H groups in total. The van der Waals surface area contributed by atoms with Gasteiger partial charge >= 0.3 is 6.33 Å². The van der Waals surface area contributed by atoms with E-state index in [1.807, 2.05) is 6.92 Å². The number of aromatic nitrogens is 4. The van der Waals surface area contributed by atoms with Gasteiger partial charge in [-0.05, 0) is 24.9 Å². The van der Waals surface area contributed by atoms with Crippen molar-refractivity contribution in [2.75, 3.05) is 6.54 Å². The summed E-state index contributed by atoms with van der Waals surface area (Å²) >= 11 is 1.65. The van der Waals surface area contributed by atoms with Crippen molar-refractivity contribution < 1.29 is 18.6 Å². The molecule has 3 heterocycles. The monoisotopic (exact) mass is 482 g/mol. The summed E-state index contributed by atoms with van der Waals surface area (Å²) in [6.07, 6.45) is 3.76. The number of hydrogen-bond donors (Lipinski definition) is 2. The van der Waals surface area contributed by atoms with Gasteiger partial charge in [0, 0.05) is 47.6 Å². The van der Waals surface area contributed by atoms with Gasteiger partial charge in [0.25, 0.3) is 0 Å². The predicted octanol–water partition coefficient (Wildman–Crippen LogP) is 3.74. The van der Waals surface area contributed by atoms with Crippen molar-refractivity contribution >= 4 is 11.3 Å². The third kappa shape index (κ3) is 4.26. The molecule has 1 aliphatic heterocycles. The van der Waals surface area contributed by atoms with E-state index in [0.29, 0.717) is 13.1 Å². The Balaban J connectivity index is 1.45. The van der Waals surface area contributed by atoms with Crippen LogP contribution >= 0.6 is 11.3 Å². The van der Waals surface area contributed by atoms with Gasteiger partial charge in [0.15, 0.2) is 0 Å². The van der Waals surface area contributed by atoms with Crippen molar-refractivity contribution in [3.05, 3.63) is 88.5 Å². The van der Waals surface area contributed by atoms with E-state index in [0.717, 1.165) is 33.6 Å². The quantitative estimate of drug-likeness (QED) is 0.411. The number of aromatic amines is 1. The molecule has 0 aliphatic carbocycles. The van der Waals surface area contributed by atoms with Crippen molar-refractivity contribution in [1.82, 2.24) is 20.0 Å². The van der Waals surface area contributed by atoms with Gasteiger partial charge in [-0.15, -0.1) is 11.3 Å². The SMILES string of the molecule is Cc1ccc(-c2nc3c(s2)CN([C@H](C)[C@](O)(C[n+]2cnc[nH]2)c2ccc(F)cc2F)CC3)cc1. The van der Waals surface area contributed by atoms with Crippen LogP contribution in [0.1, 0.15) is 28.6 Å². The highest BCUT2D eigenvalue weighted by Crippen LogP contribution is 2.36. The van der Waals surface area contributed by atoms with Crippen LogP contribution in [-0.2, 0) is 25.1 Å². The van der Waals surface area contributed by atoms with Crippen LogP contribution in [0, 0.1) is 18.6 Å². The van der Waals surface area contributed by atoms with Crippen LogP contribution in [0.4, 0.5) is 8.78 Å². The summed E-state index contributed by atoms with van der Waals surface area (Å²) in [6.45, 7) is 5.25. The summed E-state index contributed by atoms with van der Waals surface area (Å²) in [7, 11) is 0. The molecule has 1 aliphatic rings. The molecule has 2 aromatic carbocycles. The van der Waals surface area contributed by atoms with Crippen molar-refractivity contribution in [3.8, 4) is 10.6 Å². The first-order chi connectivity index (χ1) is 16.3. The highest BCUT2D eigenvalue weighted by molar-refractivity contribution is 7.15. The summed E-state index contributed by atoms with van der Waals surface area (Å²) in [6, 6.07) is 11.2. The summed E-state index contributed by atoms with van der Waals surface area (Å²) < 4.78 is 30.1. The van der Waals surface area contributed by atoms with E-state index < -0.39 is 23.3 Å². The number of nitrogens with zero attached hydrogens (tertiary/aromatic N) is 4. The van der Waals surface area contributed by atoms with E-state index in [4.69, 9.17) is 4.98 Å². The largest absolute Gasteiger partial charge is 0.379 e. The van der Waals surface area contributed by atoms with Crippen molar-refractivity contribution in [3.63, 3.8) is 0 Å². The number of halogens is 2. The number of benzene rings is 2. The van der Waals surface area contributed by atoms with Gasteiger partial charge in [-0.1, -0.05) is 35.9 Å². The molecule has 2 atom stereocenters. The van der Waals surface area contributed by atoms with E-state index in [9.17, 15) is 13.9 Å². The van der Waals surface area contributed by atoms with Crippen LogP contribution in [0.3, 0.4) is 0 Å². The molecule has 5 rings (SSSR count). The second-order valence-corrected chi connectivity index (χ2v) is 9.93. The molecule has 4 aromatic rings. The first kappa shape index (κ1) is 22.8. The van der Waals surface area contributed by atoms with Crippen molar-refractivity contribution in [2.45, 2.75) is 45.0 Å². The van der Waals surface area contributed by atoms with E-state index in [-0.39, 0.29) is 12.1 Å². The molecular weight excluding hydrogens is 456 g/mol. The zero-order valence-electron chi connectivity index (χ0n) is 19.0.